The Kier molecular flexibility index (Phi) is 2.46. The van der Waals surface area contributed by atoms with Crippen molar-refractivity contribution in [2.75, 3.05) is 6.54 Å². The summed E-state index contributed by atoms with van der Waals surface area (Å²) in [6.07, 6.45) is 0.869. The van der Waals surface area contributed by atoms with Crippen LogP contribution in [0.15, 0.2) is 4.79 Å². The average molecular weight is 209 g/mol. The molecule has 1 atom stereocenters. The van der Waals surface area contributed by atoms with Gasteiger partial charge in [0.05, 0.1) is 5.69 Å². The van der Waals surface area contributed by atoms with Crippen LogP contribution in [0, 0.1) is 0 Å². The summed E-state index contributed by atoms with van der Waals surface area (Å²) in [6.45, 7) is 7.56. The highest BCUT2D eigenvalue weighted by atomic mass is 16.1. The van der Waals surface area contributed by atoms with Gasteiger partial charge in [0, 0.05) is 31.2 Å². The number of rotatable bonds is 1. The lowest BCUT2D eigenvalue weighted by atomic mass is 9.99. The maximum atomic E-state index is 11.6. The van der Waals surface area contributed by atoms with Gasteiger partial charge in [-0.2, -0.15) is 0 Å². The second-order valence-electron chi connectivity index (χ2n) is 4.62. The van der Waals surface area contributed by atoms with Gasteiger partial charge >= 0.3 is 0 Å². The number of aromatic amines is 1. The Morgan fingerprint density at radius 3 is 2.73 bits per heavy atom. The second kappa shape index (κ2) is 3.52. The van der Waals surface area contributed by atoms with E-state index in [1.54, 1.807) is 0 Å². The molecule has 0 saturated carbocycles. The topological polar surface area (TPSA) is 41.0 Å². The number of hydrogen-bond acceptors (Lipinski definition) is 2. The van der Waals surface area contributed by atoms with E-state index in [2.05, 4.69) is 30.8 Å². The van der Waals surface area contributed by atoms with Gasteiger partial charge in [0.2, 0.25) is 0 Å². The highest BCUT2D eigenvalue weighted by Gasteiger charge is 2.29. The lowest BCUT2D eigenvalue weighted by molar-refractivity contribution is 0.148. The minimum absolute atomic E-state index is 0.0859. The lowest BCUT2D eigenvalue weighted by Gasteiger charge is -2.36. The fourth-order valence-electron chi connectivity index (χ4n) is 2.67. The molecule has 4 nitrogen and oxygen atoms in total. The Morgan fingerprint density at radius 2 is 2.13 bits per heavy atom. The number of nitrogens with one attached hydrogen (secondary N) is 1. The number of hydrogen-bond donors (Lipinski definition) is 1. The zero-order chi connectivity index (χ0) is 11.2. The van der Waals surface area contributed by atoms with Gasteiger partial charge in [-0.15, -0.1) is 0 Å². The third-order valence-corrected chi connectivity index (χ3v) is 3.39. The van der Waals surface area contributed by atoms with Gasteiger partial charge in [-0.3, -0.25) is 19.5 Å². The van der Waals surface area contributed by atoms with Crippen molar-refractivity contribution in [2.45, 2.75) is 39.3 Å². The molecule has 1 unspecified atom stereocenters. The van der Waals surface area contributed by atoms with E-state index in [0.29, 0.717) is 12.1 Å². The Morgan fingerprint density at radius 1 is 1.47 bits per heavy atom. The van der Waals surface area contributed by atoms with Crippen LogP contribution in [0.4, 0.5) is 0 Å². The molecule has 2 rings (SSSR count). The van der Waals surface area contributed by atoms with Crippen molar-refractivity contribution in [2.24, 2.45) is 7.05 Å². The van der Waals surface area contributed by atoms with Crippen molar-refractivity contribution in [1.82, 2.24) is 14.7 Å². The molecule has 0 aromatic carbocycles. The lowest BCUT2D eigenvalue weighted by Crippen LogP contribution is -2.40. The summed E-state index contributed by atoms with van der Waals surface area (Å²) >= 11 is 0. The van der Waals surface area contributed by atoms with E-state index in [1.165, 1.54) is 0 Å². The first-order chi connectivity index (χ1) is 7.02. The van der Waals surface area contributed by atoms with Crippen molar-refractivity contribution in [3.8, 4) is 0 Å². The maximum Gasteiger partial charge on any atom is 0.267 e. The van der Waals surface area contributed by atoms with Crippen molar-refractivity contribution in [3.05, 3.63) is 21.6 Å². The molecule has 1 N–H and O–H groups in total. The van der Waals surface area contributed by atoms with Crippen LogP contribution >= 0.6 is 0 Å². The van der Waals surface area contributed by atoms with Gasteiger partial charge < -0.3 is 0 Å². The molecule has 4 heteroatoms. The Labute approximate surface area is 89.9 Å². The number of H-pyrrole nitrogens is 1. The van der Waals surface area contributed by atoms with Crippen LogP contribution in [-0.2, 0) is 13.5 Å². The molecule has 2 heterocycles. The molecule has 1 aliphatic heterocycles. The van der Waals surface area contributed by atoms with Crippen LogP contribution in [-0.4, -0.2) is 27.3 Å². The molecule has 0 bridgehead atoms. The van der Waals surface area contributed by atoms with Crippen LogP contribution in [0.5, 0.6) is 0 Å². The van der Waals surface area contributed by atoms with Crippen LogP contribution in [0.25, 0.3) is 0 Å². The quantitative estimate of drug-likeness (QED) is 0.751. The third kappa shape index (κ3) is 1.53. The van der Waals surface area contributed by atoms with E-state index in [4.69, 9.17) is 0 Å². The Hall–Kier alpha value is -1.03. The van der Waals surface area contributed by atoms with Crippen LogP contribution in [0.1, 0.15) is 38.1 Å². The smallest absolute Gasteiger partial charge is 0.267 e. The normalized spacial score (nSPS) is 22.1. The molecule has 15 heavy (non-hydrogen) atoms. The van der Waals surface area contributed by atoms with Crippen molar-refractivity contribution in [3.63, 3.8) is 0 Å². The fourth-order valence-corrected chi connectivity index (χ4v) is 2.67. The molecule has 0 aliphatic carbocycles. The Bertz CT molecular complexity index is 416. The zero-order valence-corrected chi connectivity index (χ0v) is 9.87. The van der Waals surface area contributed by atoms with Crippen molar-refractivity contribution < 1.29 is 0 Å². The van der Waals surface area contributed by atoms with Gasteiger partial charge in [0.15, 0.2) is 0 Å². The zero-order valence-electron chi connectivity index (χ0n) is 9.87. The standard InChI is InChI=1S/C11H19N3O/c1-7(2)14-6-5-9-10(8(14)3)13(4)12-11(9)15/h7-8H,5-6H2,1-4H3,(H,12,15). The molecule has 1 aromatic heterocycles. The van der Waals surface area contributed by atoms with E-state index in [9.17, 15) is 4.79 Å². The van der Waals surface area contributed by atoms with E-state index in [1.807, 2.05) is 11.7 Å². The predicted molar refractivity (Wildman–Crippen MR) is 60.0 cm³/mol. The van der Waals surface area contributed by atoms with Gasteiger partial charge in [-0.25, -0.2) is 0 Å². The maximum absolute atomic E-state index is 11.6. The summed E-state index contributed by atoms with van der Waals surface area (Å²) < 4.78 is 1.87. The number of aromatic nitrogens is 2. The average Bonchev–Trinajstić information content (AvgIpc) is 2.43. The van der Waals surface area contributed by atoms with Crippen LogP contribution in [0.3, 0.4) is 0 Å². The number of fused-ring (bicyclic) bond motifs is 1. The summed E-state index contributed by atoms with van der Waals surface area (Å²) in [6, 6.07) is 0.857. The first-order valence-electron chi connectivity index (χ1n) is 5.56. The summed E-state index contributed by atoms with van der Waals surface area (Å²) in [7, 11) is 1.92. The monoisotopic (exact) mass is 209 g/mol. The molecule has 0 fully saturated rings. The summed E-state index contributed by atoms with van der Waals surface area (Å²) in [5.41, 5.74) is 2.21. The van der Waals surface area contributed by atoms with Crippen molar-refractivity contribution >= 4 is 0 Å². The minimum Gasteiger partial charge on any atom is -0.292 e. The Balaban J connectivity index is 2.46. The summed E-state index contributed by atoms with van der Waals surface area (Å²) in [4.78, 5) is 14.0. The van der Waals surface area contributed by atoms with Gasteiger partial charge in [0.25, 0.3) is 5.56 Å². The molecule has 0 saturated heterocycles. The van der Waals surface area contributed by atoms with Crippen LogP contribution < -0.4 is 5.56 Å². The van der Waals surface area contributed by atoms with Gasteiger partial charge in [-0.05, 0) is 27.2 Å². The molecule has 0 radical (unpaired) electrons. The predicted octanol–water partition coefficient (Wildman–Crippen LogP) is 1.04. The first kappa shape index (κ1) is 10.5. The van der Waals surface area contributed by atoms with Crippen molar-refractivity contribution in [1.29, 1.82) is 0 Å². The molecular weight excluding hydrogens is 190 g/mol. The van der Waals surface area contributed by atoms with Crippen LogP contribution in [0.2, 0.25) is 0 Å². The number of nitrogens with zero attached hydrogens (tertiary/aromatic N) is 2. The number of aryl methyl sites for hydroxylation is 1. The van der Waals surface area contributed by atoms with E-state index in [-0.39, 0.29) is 5.56 Å². The molecule has 0 amide bonds. The van der Waals surface area contributed by atoms with Gasteiger partial charge in [-0.1, -0.05) is 0 Å². The second-order valence-corrected chi connectivity index (χ2v) is 4.62. The summed E-state index contributed by atoms with van der Waals surface area (Å²) in [5.74, 6) is 0. The SMILES string of the molecule is CC(C)N1CCc2c(n(C)[nH]c2=O)C1C. The molecule has 1 aromatic rings. The molecular formula is C11H19N3O. The first-order valence-corrected chi connectivity index (χ1v) is 5.56. The van der Waals surface area contributed by atoms with E-state index in [0.717, 1.165) is 24.2 Å². The highest BCUT2D eigenvalue weighted by Crippen LogP contribution is 2.28. The fraction of sp³-hybridized carbons (Fsp3) is 0.727. The largest absolute Gasteiger partial charge is 0.292 e. The van der Waals surface area contributed by atoms with Gasteiger partial charge in [0.1, 0.15) is 0 Å². The third-order valence-electron chi connectivity index (χ3n) is 3.39. The molecule has 84 valence electrons. The van der Waals surface area contributed by atoms with E-state index >= 15 is 0 Å². The molecule has 1 aliphatic rings. The summed E-state index contributed by atoms with van der Waals surface area (Å²) in [5, 5.41) is 2.84. The highest BCUT2D eigenvalue weighted by molar-refractivity contribution is 5.24. The van der Waals surface area contributed by atoms with E-state index < -0.39 is 0 Å². The minimum atomic E-state index is 0.0859. The molecule has 0 spiro atoms.